The summed E-state index contributed by atoms with van der Waals surface area (Å²) in [5, 5.41) is 104. The van der Waals surface area contributed by atoms with E-state index in [1.54, 1.807) is 24.3 Å². The molecule has 0 bridgehead atoms. The minimum atomic E-state index is -0.108. The average Bonchev–Trinajstić information content (AvgIpc) is 0.821. The number of hydrogen-bond donors (Lipinski definition) is 8. The summed E-state index contributed by atoms with van der Waals surface area (Å²) in [5.41, 5.74) is 3.97. The van der Waals surface area contributed by atoms with E-state index >= 15 is 0 Å². The van der Waals surface area contributed by atoms with Gasteiger partial charge in [-0.1, -0.05) is 218 Å². The summed E-state index contributed by atoms with van der Waals surface area (Å²) >= 11 is 0. The largest absolute Gasteiger partial charge is 0.507 e. The van der Waals surface area contributed by atoms with Gasteiger partial charge in [0.15, 0.2) is 46.6 Å². The summed E-state index contributed by atoms with van der Waals surface area (Å²) in [7, 11) is 0. The van der Waals surface area contributed by atoms with Crippen molar-refractivity contribution in [3.63, 3.8) is 0 Å². The number of rotatable bonds is 16. The summed E-state index contributed by atoms with van der Waals surface area (Å²) in [6.45, 7) is 0. The fourth-order valence-electron chi connectivity index (χ4n) is 19.8. The number of benzene rings is 17. The summed E-state index contributed by atoms with van der Waals surface area (Å²) in [4.78, 5) is 55.7. The molecule has 0 unspecified atom stereocenters. The molecule has 24 nitrogen and oxygen atoms in total. The SMILES string of the molecule is Oc1cccc(O)c1-c1nc(OC2CCCC2)nc(-c2c3ccccc3cc3ccccc23)n1.Oc1cccc(O)c1-c1nc(OC2CCCC2)nc(-c2cc3c4ccccc4ccc3c3ccccc23)n1.Oc1cccc(O)c1-c1nc(OC2CCCC2)nc(-c2cc3ccccc3c3ccccc23)n1.Oc1cccc(O)c1-c1nc(OC2CCCC2)nc(-c2ccc3cc4ccccc4cc3c2)n1. The quantitative estimate of drug-likeness (QED) is 0.0329. The zero-order chi connectivity index (χ0) is 94.9. The molecule has 140 heavy (non-hydrogen) atoms. The Morgan fingerprint density at radius 2 is 0.429 bits per heavy atom. The number of aromatic hydroxyl groups is 8. The minimum absolute atomic E-state index is 0.0355. The first-order chi connectivity index (χ1) is 68.6. The van der Waals surface area contributed by atoms with Gasteiger partial charge in [0.2, 0.25) is 0 Å². The van der Waals surface area contributed by atoms with Gasteiger partial charge < -0.3 is 59.8 Å². The third-order valence-corrected chi connectivity index (χ3v) is 26.7. The Labute approximate surface area is 803 Å². The van der Waals surface area contributed by atoms with Gasteiger partial charge in [0.1, 0.15) is 92.7 Å². The van der Waals surface area contributed by atoms with Crippen LogP contribution in [0.3, 0.4) is 0 Å². The lowest BCUT2D eigenvalue weighted by Gasteiger charge is -2.16. The van der Waals surface area contributed by atoms with Crippen LogP contribution < -0.4 is 18.9 Å². The second-order valence-corrected chi connectivity index (χ2v) is 35.8. The van der Waals surface area contributed by atoms with Gasteiger partial charge in [0, 0.05) is 22.3 Å². The molecule has 4 fully saturated rings. The highest BCUT2D eigenvalue weighted by atomic mass is 16.5. The molecule has 0 radical (unpaired) electrons. The normalized spacial score (nSPS) is 14.1. The third kappa shape index (κ3) is 18.0. The molecule has 24 heteroatoms. The molecule has 17 aromatic carbocycles. The predicted molar refractivity (Wildman–Crippen MR) is 545 cm³/mol. The van der Waals surface area contributed by atoms with Gasteiger partial charge in [-0.15, -0.1) is 0 Å². The monoisotopic (exact) mass is 1850 g/mol. The molecule has 4 aliphatic rings. The summed E-state index contributed by atoms with van der Waals surface area (Å²) < 4.78 is 24.7. The zero-order valence-corrected chi connectivity index (χ0v) is 76.1. The summed E-state index contributed by atoms with van der Waals surface area (Å²) in [6, 6.07) is 97.6. The topological polar surface area (TPSA) is 353 Å². The van der Waals surface area contributed by atoms with Crippen LogP contribution in [0.1, 0.15) is 103 Å². The van der Waals surface area contributed by atoms with E-state index in [-0.39, 0.29) is 140 Å². The number of fused-ring (bicyclic) bond motifs is 12. The van der Waals surface area contributed by atoms with Gasteiger partial charge >= 0.3 is 24.0 Å². The van der Waals surface area contributed by atoms with E-state index in [1.807, 2.05) is 97.1 Å². The third-order valence-electron chi connectivity index (χ3n) is 26.7. The second-order valence-electron chi connectivity index (χ2n) is 35.8. The van der Waals surface area contributed by atoms with Gasteiger partial charge in [-0.3, -0.25) is 0 Å². The molecular formula is C116H94N12O12. The number of ether oxygens (including phenoxy) is 4. The predicted octanol–water partition coefficient (Wildman–Crippen LogP) is 26.1. The van der Waals surface area contributed by atoms with Gasteiger partial charge in [-0.05, 0) is 285 Å². The van der Waals surface area contributed by atoms with Crippen LogP contribution in [-0.4, -0.2) is 125 Å². The molecule has 0 atom stereocenters. The van der Waals surface area contributed by atoms with E-state index in [0.717, 1.165) is 217 Å². The minimum Gasteiger partial charge on any atom is -0.507 e. The van der Waals surface area contributed by atoms with E-state index in [9.17, 15) is 40.9 Å². The van der Waals surface area contributed by atoms with Crippen LogP contribution in [0.2, 0.25) is 0 Å². The van der Waals surface area contributed by atoms with Crippen LogP contribution in [-0.2, 0) is 0 Å². The molecule has 8 N–H and O–H groups in total. The van der Waals surface area contributed by atoms with Crippen molar-refractivity contribution in [1.29, 1.82) is 0 Å². The number of hydrogen-bond acceptors (Lipinski definition) is 24. The van der Waals surface area contributed by atoms with Crippen molar-refractivity contribution in [2.24, 2.45) is 0 Å². The highest BCUT2D eigenvalue weighted by Crippen LogP contribution is 2.47. The van der Waals surface area contributed by atoms with Crippen LogP contribution in [0.15, 0.2) is 303 Å². The number of phenols is 8. The Bertz CT molecular complexity index is 8200. The molecule has 4 heterocycles. The van der Waals surface area contributed by atoms with Gasteiger partial charge in [0.25, 0.3) is 0 Å². The second kappa shape index (κ2) is 38.5. The van der Waals surface area contributed by atoms with Crippen molar-refractivity contribution in [2.75, 3.05) is 0 Å². The maximum atomic E-state index is 10.6. The van der Waals surface area contributed by atoms with Gasteiger partial charge in [-0.25, -0.2) is 19.9 Å². The van der Waals surface area contributed by atoms with E-state index in [2.05, 4.69) is 163 Å². The van der Waals surface area contributed by atoms with Crippen LogP contribution in [0.5, 0.6) is 70.0 Å². The average molecular weight is 1850 g/mol. The molecular weight excluding hydrogens is 1750 g/mol. The van der Waals surface area contributed by atoms with Crippen molar-refractivity contribution in [3.8, 4) is 161 Å². The lowest BCUT2D eigenvalue weighted by atomic mass is 9.93. The molecule has 4 aliphatic carbocycles. The number of aromatic nitrogens is 12. The van der Waals surface area contributed by atoms with Crippen molar-refractivity contribution in [2.45, 2.75) is 127 Å². The van der Waals surface area contributed by atoms with Crippen LogP contribution in [0.4, 0.5) is 0 Å². The maximum absolute atomic E-state index is 10.6. The van der Waals surface area contributed by atoms with Crippen molar-refractivity contribution in [3.05, 3.63) is 303 Å². The Hall–Kier alpha value is -17.3. The fraction of sp³-hybridized carbons (Fsp3) is 0.172. The standard InChI is InChI=1S/C32H25N3O3.3C28H23N3O3/c36-27-14-7-15-28(37)29(27)31-33-30(34-32(35-31)38-20-9-2-3-10-20)26-18-25-21-11-4-1-8-19(21)16-17-24(25)22-12-5-6-13-23(22)26;32-22-14-7-15-23(33)25(22)27-29-26(30-28(31-27)34-19-10-3-4-11-19)24-20-12-5-1-8-17(20)16-18-9-2-6-13-21(18)24;32-23-14-7-15-24(33)25(23)27-29-26(30-28(31-27)34-18-9-2-3-10-18)22-16-17-8-1-4-11-19(17)20-12-5-6-13-21(20)22;32-23-10-5-11-24(33)25(23)27-29-26(30-28(31-27)34-22-8-3-4-9-22)20-13-12-19-14-17-6-1-2-7-18(17)15-21(19)16-20/h1,4-8,11-18,20,36-37H,2-3,9-10H2;1-2,5-9,12-16,19,32-33H,3-4,10-11H2;1,4-8,11-16,18,32-33H,2-3,9-10H2;1-2,5-7,10-16,22,32-33H,3-4,8-9H2. The van der Waals surface area contributed by atoms with Crippen LogP contribution >= 0.6 is 0 Å². The van der Waals surface area contributed by atoms with Crippen LogP contribution in [0.25, 0.3) is 188 Å². The molecule has 4 saturated carbocycles. The lowest BCUT2D eigenvalue weighted by molar-refractivity contribution is 0.192. The van der Waals surface area contributed by atoms with Gasteiger partial charge in [0.05, 0.1) is 0 Å². The molecule has 0 saturated heterocycles. The first-order valence-electron chi connectivity index (χ1n) is 47.5. The van der Waals surface area contributed by atoms with Crippen molar-refractivity contribution < 1.29 is 59.8 Å². The van der Waals surface area contributed by atoms with E-state index < -0.39 is 0 Å². The summed E-state index contributed by atoms with van der Waals surface area (Å²) in [6.07, 6.45) is 16.7. The Kier molecular flexibility index (Phi) is 24.2. The first-order valence-corrected chi connectivity index (χ1v) is 47.5. The fourth-order valence-corrected chi connectivity index (χ4v) is 19.8. The molecule has 25 rings (SSSR count). The van der Waals surface area contributed by atoms with Crippen molar-refractivity contribution in [1.82, 2.24) is 59.8 Å². The van der Waals surface area contributed by atoms with Crippen molar-refractivity contribution >= 4 is 97.0 Å². The molecule has 21 aromatic rings. The maximum Gasteiger partial charge on any atom is 0.320 e. The highest BCUT2D eigenvalue weighted by molar-refractivity contribution is 6.21. The molecule has 4 aromatic heterocycles. The lowest BCUT2D eigenvalue weighted by Crippen LogP contribution is -2.14. The molecule has 0 aliphatic heterocycles. The molecule has 0 spiro atoms. The van der Waals surface area contributed by atoms with E-state index in [1.165, 1.54) is 53.9 Å². The smallest absolute Gasteiger partial charge is 0.320 e. The van der Waals surface area contributed by atoms with Gasteiger partial charge in [-0.2, -0.15) is 39.9 Å². The molecule has 690 valence electrons. The Balaban J connectivity index is 0.000000107. The zero-order valence-electron chi connectivity index (χ0n) is 76.1. The number of nitrogens with zero attached hydrogens (tertiary/aromatic N) is 12. The Morgan fingerprint density at radius 3 is 0.829 bits per heavy atom. The molecule has 0 amide bonds. The van der Waals surface area contributed by atoms with E-state index in [4.69, 9.17) is 48.9 Å². The summed E-state index contributed by atoms with van der Waals surface area (Å²) in [5.74, 6) is 1.57. The first kappa shape index (κ1) is 88.0. The highest BCUT2D eigenvalue weighted by Gasteiger charge is 2.30. The van der Waals surface area contributed by atoms with Crippen LogP contribution in [0, 0.1) is 0 Å². The number of phenolic OH excluding ortho intramolecular Hbond substituents is 8. The Morgan fingerprint density at radius 1 is 0.171 bits per heavy atom. The van der Waals surface area contributed by atoms with E-state index in [0.29, 0.717) is 23.3 Å².